The zero-order valence-corrected chi connectivity index (χ0v) is 11.2. The maximum absolute atomic E-state index is 5.96. The lowest BCUT2D eigenvalue weighted by atomic mass is 10.3. The van der Waals surface area contributed by atoms with Crippen molar-refractivity contribution in [3.05, 3.63) is 23.4 Å². The van der Waals surface area contributed by atoms with Crippen LogP contribution in [0.4, 0.5) is 0 Å². The van der Waals surface area contributed by atoms with Crippen LogP contribution in [0.3, 0.4) is 0 Å². The first kappa shape index (κ1) is 12.9. The third-order valence-electron chi connectivity index (χ3n) is 2.52. The highest BCUT2D eigenvalue weighted by Crippen LogP contribution is 2.27. The Labute approximate surface area is 111 Å². The second kappa shape index (κ2) is 5.87. The molecule has 0 aliphatic heterocycles. The van der Waals surface area contributed by atoms with Crippen molar-refractivity contribution in [1.82, 2.24) is 9.97 Å². The molecule has 0 unspecified atom stereocenters. The summed E-state index contributed by atoms with van der Waals surface area (Å²) in [5.74, 6) is 1.18. The summed E-state index contributed by atoms with van der Waals surface area (Å²) in [6, 6.07) is 5.26. The summed E-state index contributed by atoms with van der Waals surface area (Å²) >= 11 is 5.96. The molecule has 0 bridgehead atoms. The Morgan fingerprint density at radius 2 is 2.11 bits per heavy atom. The zero-order valence-electron chi connectivity index (χ0n) is 10.4. The number of hydrogen-bond acceptors (Lipinski definition) is 4. The van der Waals surface area contributed by atoms with E-state index in [9.17, 15) is 0 Å². The molecule has 0 radical (unpaired) electrons. The number of fused-ring (bicyclic) bond motifs is 1. The Morgan fingerprint density at radius 3 is 2.83 bits per heavy atom. The highest BCUT2D eigenvalue weighted by atomic mass is 35.5. The van der Waals surface area contributed by atoms with Crippen LogP contribution in [0.5, 0.6) is 11.6 Å². The molecule has 18 heavy (non-hydrogen) atoms. The molecule has 0 N–H and O–H groups in total. The van der Waals surface area contributed by atoms with Crippen molar-refractivity contribution >= 4 is 22.6 Å². The summed E-state index contributed by atoms with van der Waals surface area (Å²) in [6.45, 7) is 2.76. The average Bonchev–Trinajstić information content (AvgIpc) is 2.38. The highest BCUT2D eigenvalue weighted by Gasteiger charge is 2.09. The van der Waals surface area contributed by atoms with Crippen molar-refractivity contribution < 1.29 is 9.47 Å². The molecule has 96 valence electrons. The van der Waals surface area contributed by atoms with E-state index >= 15 is 0 Å². The van der Waals surface area contributed by atoms with E-state index in [4.69, 9.17) is 21.1 Å². The Morgan fingerprint density at radius 1 is 1.28 bits per heavy atom. The minimum absolute atomic E-state index is 0.404. The molecule has 2 heterocycles. The van der Waals surface area contributed by atoms with Crippen molar-refractivity contribution in [2.75, 3.05) is 13.7 Å². The molecule has 0 aliphatic rings. The Balaban J connectivity index is 2.41. The molecule has 0 aliphatic carbocycles. The summed E-state index contributed by atoms with van der Waals surface area (Å²) in [5.41, 5.74) is 1.38. The molecule has 4 nitrogen and oxygen atoms in total. The first-order valence-corrected chi connectivity index (χ1v) is 6.26. The number of pyridine rings is 2. The van der Waals surface area contributed by atoms with Gasteiger partial charge in [-0.05, 0) is 12.5 Å². The van der Waals surface area contributed by atoms with Gasteiger partial charge in [0.25, 0.3) is 0 Å². The summed E-state index contributed by atoms with van der Waals surface area (Å²) in [7, 11) is 1.58. The number of unbranched alkanes of at least 4 members (excludes halogenated alkanes) is 1. The first-order chi connectivity index (χ1) is 8.74. The Hall–Kier alpha value is -1.55. The van der Waals surface area contributed by atoms with Gasteiger partial charge in [0.15, 0.2) is 0 Å². The summed E-state index contributed by atoms with van der Waals surface area (Å²) in [4.78, 5) is 8.55. The zero-order chi connectivity index (χ0) is 13.0. The molecule has 0 aromatic carbocycles. The number of halogens is 1. The van der Waals surface area contributed by atoms with Gasteiger partial charge in [-0.3, -0.25) is 0 Å². The number of ether oxygens (including phenoxy) is 2. The summed E-state index contributed by atoms with van der Waals surface area (Å²) < 4.78 is 10.8. The SMILES string of the molecule is CCCCOc1cc(Cl)nc2ccc(OC)nc12. The molecule has 0 atom stereocenters. The Bertz CT molecular complexity index is 546. The lowest BCUT2D eigenvalue weighted by Crippen LogP contribution is -1.99. The predicted molar refractivity (Wildman–Crippen MR) is 71.5 cm³/mol. The van der Waals surface area contributed by atoms with Crippen molar-refractivity contribution in [2.45, 2.75) is 19.8 Å². The average molecular weight is 267 g/mol. The smallest absolute Gasteiger partial charge is 0.213 e. The van der Waals surface area contributed by atoms with Crippen LogP contribution in [0.2, 0.25) is 5.15 Å². The first-order valence-electron chi connectivity index (χ1n) is 5.88. The van der Waals surface area contributed by atoms with Gasteiger partial charge in [-0.25, -0.2) is 9.97 Å². The lowest BCUT2D eigenvalue weighted by molar-refractivity contribution is 0.311. The molecular weight excluding hydrogens is 252 g/mol. The van der Waals surface area contributed by atoms with E-state index in [1.54, 1.807) is 19.2 Å². The van der Waals surface area contributed by atoms with Gasteiger partial charge >= 0.3 is 0 Å². The number of aromatic nitrogens is 2. The minimum Gasteiger partial charge on any atom is -0.491 e. The molecule has 2 aromatic rings. The van der Waals surface area contributed by atoms with Crippen LogP contribution in [-0.2, 0) is 0 Å². The number of hydrogen-bond donors (Lipinski definition) is 0. The molecular formula is C13H15ClN2O2. The largest absolute Gasteiger partial charge is 0.491 e. The van der Waals surface area contributed by atoms with Gasteiger partial charge < -0.3 is 9.47 Å². The third kappa shape index (κ3) is 2.82. The second-order valence-electron chi connectivity index (χ2n) is 3.87. The normalized spacial score (nSPS) is 10.6. The van der Waals surface area contributed by atoms with Gasteiger partial charge in [-0.15, -0.1) is 0 Å². The third-order valence-corrected chi connectivity index (χ3v) is 2.72. The number of methoxy groups -OCH3 is 1. The predicted octanol–water partition coefficient (Wildman–Crippen LogP) is 3.47. The van der Waals surface area contributed by atoms with Crippen LogP contribution in [0.15, 0.2) is 18.2 Å². The van der Waals surface area contributed by atoms with Crippen molar-refractivity contribution in [3.63, 3.8) is 0 Å². The van der Waals surface area contributed by atoms with Gasteiger partial charge in [0.1, 0.15) is 16.4 Å². The number of nitrogens with zero attached hydrogens (tertiary/aromatic N) is 2. The van der Waals surface area contributed by atoms with Crippen LogP contribution in [-0.4, -0.2) is 23.7 Å². The minimum atomic E-state index is 0.404. The highest BCUT2D eigenvalue weighted by molar-refractivity contribution is 6.30. The lowest BCUT2D eigenvalue weighted by Gasteiger charge is -2.09. The van der Waals surface area contributed by atoms with Crippen molar-refractivity contribution in [3.8, 4) is 11.6 Å². The van der Waals surface area contributed by atoms with E-state index in [0.29, 0.717) is 34.4 Å². The van der Waals surface area contributed by atoms with E-state index in [1.165, 1.54) is 0 Å². The second-order valence-corrected chi connectivity index (χ2v) is 4.25. The quantitative estimate of drug-likeness (QED) is 0.614. The van der Waals surface area contributed by atoms with Crippen molar-refractivity contribution in [1.29, 1.82) is 0 Å². The van der Waals surface area contributed by atoms with Gasteiger partial charge in [-0.2, -0.15) is 0 Å². The van der Waals surface area contributed by atoms with E-state index in [0.717, 1.165) is 12.8 Å². The molecule has 2 aromatic heterocycles. The molecule has 0 saturated carbocycles. The van der Waals surface area contributed by atoms with Crippen molar-refractivity contribution in [2.24, 2.45) is 0 Å². The van der Waals surface area contributed by atoms with Crippen LogP contribution >= 0.6 is 11.6 Å². The fourth-order valence-electron chi connectivity index (χ4n) is 1.58. The maximum Gasteiger partial charge on any atom is 0.213 e. The summed E-state index contributed by atoms with van der Waals surface area (Å²) in [5, 5.41) is 0.404. The van der Waals surface area contributed by atoms with E-state index < -0.39 is 0 Å². The molecule has 5 heteroatoms. The van der Waals surface area contributed by atoms with Crippen LogP contribution < -0.4 is 9.47 Å². The van der Waals surface area contributed by atoms with E-state index in [-0.39, 0.29) is 0 Å². The summed E-state index contributed by atoms with van der Waals surface area (Å²) in [6.07, 6.45) is 2.07. The van der Waals surface area contributed by atoms with Crippen LogP contribution in [0.25, 0.3) is 11.0 Å². The standard InChI is InChI=1S/C13H15ClN2O2/c1-3-4-7-18-10-8-11(14)15-9-5-6-12(17-2)16-13(9)10/h5-6,8H,3-4,7H2,1-2H3. The van der Waals surface area contributed by atoms with Gasteiger partial charge in [0, 0.05) is 12.1 Å². The monoisotopic (exact) mass is 266 g/mol. The fourth-order valence-corrected chi connectivity index (χ4v) is 1.77. The van der Waals surface area contributed by atoms with Crippen LogP contribution in [0, 0.1) is 0 Å². The molecule has 2 rings (SSSR count). The van der Waals surface area contributed by atoms with E-state index in [1.807, 2.05) is 6.07 Å². The van der Waals surface area contributed by atoms with Gasteiger partial charge in [0.2, 0.25) is 5.88 Å². The van der Waals surface area contributed by atoms with E-state index in [2.05, 4.69) is 16.9 Å². The molecule has 0 spiro atoms. The van der Waals surface area contributed by atoms with Gasteiger partial charge in [0.05, 0.1) is 19.2 Å². The fraction of sp³-hybridized carbons (Fsp3) is 0.385. The molecule has 0 saturated heterocycles. The molecule has 0 amide bonds. The number of rotatable bonds is 5. The molecule has 0 fully saturated rings. The Kier molecular flexibility index (Phi) is 4.20. The maximum atomic E-state index is 5.96. The van der Waals surface area contributed by atoms with Crippen LogP contribution in [0.1, 0.15) is 19.8 Å². The van der Waals surface area contributed by atoms with Gasteiger partial charge in [-0.1, -0.05) is 24.9 Å². The topological polar surface area (TPSA) is 44.2 Å².